The van der Waals surface area contributed by atoms with E-state index in [-0.39, 0.29) is 11.5 Å². The van der Waals surface area contributed by atoms with Gasteiger partial charge in [0.25, 0.3) is 0 Å². The Morgan fingerprint density at radius 2 is 2.12 bits per heavy atom. The molecule has 17 heavy (non-hydrogen) atoms. The molecule has 0 aliphatic heterocycles. The summed E-state index contributed by atoms with van der Waals surface area (Å²) in [6.07, 6.45) is 1.81. The normalized spacial score (nSPS) is 11.6. The minimum Gasteiger partial charge on any atom is -0.506 e. The highest BCUT2D eigenvalue weighted by Crippen LogP contribution is 2.27. The number of benzene rings is 1. The average molecular weight is 322 g/mol. The summed E-state index contributed by atoms with van der Waals surface area (Å²) in [5.74, 6) is 0.410. The van der Waals surface area contributed by atoms with Crippen LogP contribution >= 0.6 is 15.9 Å². The van der Waals surface area contributed by atoms with E-state index in [1.54, 1.807) is 6.07 Å². The quantitative estimate of drug-likeness (QED) is 0.782. The maximum atomic E-state index is 10.9. The van der Waals surface area contributed by atoms with Crippen LogP contribution in [0.3, 0.4) is 0 Å². The number of aromatic hydroxyl groups is 1. The number of nitrogens with one attached hydrogen (secondary N) is 1. The van der Waals surface area contributed by atoms with Crippen molar-refractivity contribution in [2.75, 3.05) is 18.6 Å². The second kappa shape index (κ2) is 6.37. The van der Waals surface area contributed by atoms with Crippen molar-refractivity contribution in [2.45, 2.75) is 13.0 Å². The lowest BCUT2D eigenvalue weighted by Gasteiger charge is -2.07. The number of phenolic OH excluding ortho intramolecular Hbond substituents is 1. The molecule has 0 saturated heterocycles. The van der Waals surface area contributed by atoms with Gasteiger partial charge in [-0.15, -0.1) is 0 Å². The summed E-state index contributed by atoms with van der Waals surface area (Å²) in [7, 11) is -2.88. The Kier molecular flexibility index (Phi) is 5.42. The van der Waals surface area contributed by atoms with Crippen LogP contribution in [0.1, 0.15) is 12.0 Å². The summed E-state index contributed by atoms with van der Waals surface area (Å²) in [4.78, 5) is 0. The van der Waals surface area contributed by atoms with Crippen LogP contribution in [0.4, 0.5) is 0 Å². The highest BCUT2D eigenvalue weighted by atomic mass is 79.9. The first kappa shape index (κ1) is 14.5. The Hall–Kier alpha value is -0.590. The summed E-state index contributed by atoms with van der Waals surface area (Å²) in [6, 6.07) is 5.43. The zero-order chi connectivity index (χ0) is 12.9. The van der Waals surface area contributed by atoms with Crippen LogP contribution in [0.25, 0.3) is 0 Å². The SMILES string of the molecule is CS(=O)(=O)CCCNCc1cccc(Br)c1O. The van der Waals surface area contributed by atoms with Gasteiger partial charge in [-0.05, 0) is 35.0 Å². The number of hydrogen-bond acceptors (Lipinski definition) is 4. The van der Waals surface area contributed by atoms with Crippen LogP contribution in [-0.2, 0) is 16.4 Å². The number of para-hydroxylation sites is 1. The van der Waals surface area contributed by atoms with Gasteiger partial charge in [0.1, 0.15) is 15.6 Å². The number of halogens is 1. The maximum absolute atomic E-state index is 10.9. The molecule has 0 radical (unpaired) electrons. The first-order valence-electron chi connectivity index (χ1n) is 5.25. The lowest BCUT2D eigenvalue weighted by molar-refractivity contribution is 0.461. The molecule has 1 aromatic carbocycles. The molecule has 6 heteroatoms. The van der Waals surface area contributed by atoms with Crippen molar-refractivity contribution in [3.8, 4) is 5.75 Å². The Morgan fingerprint density at radius 3 is 2.76 bits per heavy atom. The predicted octanol–water partition coefficient (Wildman–Crippen LogP) is 1.68. The second-order valence-electron chi connectivity index (χ2n) is 3.91. The predicted molar refractivity (Wildman–Crippen MR) is 71.8 cm³/mol. The van der Waals surface area contributed by atoms with Gasteiger partial charge in [-0.2, -0.15) is 0 Å². The van der Waals surface area contributed by atoms with E-state index in [0.717, 1.165) is 5.56 Å². The molecule has 0 fully saturated rings. The zero-order valence-corrected chi connectivity index (χ0v) is 12.0. The number of rotatable bonds is 6. The third kappa shape index (κ3) is 5.52. The van der Waals surface area contributed by atoms with Gasteiger partial charge >= 0.3 is 0 Å². The van der Waals surface area contributed by atoms with E-state index < -0.39 is 9.84 Å². The number of sulfone groups is 1. The third-order valence-corrected chi connectivity index (χ3v) is 3.92. The standard InChI is InChI=1S/C11H16BrNO3S/c1-17(15,16)7-3-6-13-8-9-4-2-5-10(12)11(9)14/h2,4-5,13-14H,3,6-8H2,1H3. The second-order valence-corrected chi connectivity index (χ2v) is 7.02. The molecule has 1 rings (SSSR count). The van der Waals surface area contributed by atoms with Crippen molar-refractivity contribution >= 4 is 25.8 Å². The van der Waals surface area contributed by atoms with Crippen LogP contribution in [0, 0.1) is 0 Å². The zero-order valence-electron chi connectivity index (χ0n) is 9.61. The van der Waals surface area contributed by atoms with Crippen molar-refractivity contribution in [1.29, 1.82) is 0 Å². The van der Waals surface area contributed by atoms with Gasteiger partial charge < -0.3 is 10.4 Å². The summed E-state index contributed by atoms with van der Waals surface area (Å²) < 4.78 is 22.4. The Labute approximate surface area is 110 Å². The van der Waals surface area contributed by atoms with E-state index in [4.69, 9.17) is 0 Å². The van der Waals surface area contributed by atoms with E-state index in [1.807, 2.05) is 12.1 Å². The fraction of sp³-hybridized carbons (Fsp3) is 0.455. The first-order valence-corrected chi connectivity index (χ1v) is 8.10. The lowest BCUT2D eigenvalue weighted by Crippen LogP contribution is -2.17. The molecule has 0 unspecified atom stereocenters. The summed E-state index contributed by atoms with van der Waals surface area (Å²) in [5, 5.41) is 12.8. The van der Waals surface area contributed by atoms with Crippen LogP contribution in [0.2, 0.25) is 0 Å². The molecule has 0 aliphatic carbocycles. The van der Waals surface area contributed by atoms with Gasteiger partial charge in [-0.1, -0.05) is 12.1 Å². The topological polar surface area (TPSA) is 66.4 Å². The maximum Gasteiger partial charge on any atom is 0.147 e. The summed E-state index contributed by atoms with van der Waals surface area (Å²) in [5.41, 5.74) is 0.790. The highest BCUT2D eigenvalue weighted by molar-refractivity contribution is 9.10. The largest absolute Gasteiger partial charge is 0.506 e. The van der Waals surface area contributed by atoms with Crippen LogP contribution in [0.5, 0.6) is 5.75 Å². The molecule has 0 heterocycles. The molecule has 4 nitrogen and oxygen atoms in total. The molecular weight excluding hydrogens is 306 g/mol. The first-order chi connectivity index (χ1) is 7.90. The molecule has 0 atom stereocenters. The van der Waals surface area contributed by atoms with E-state index in [1.165, 1.54) is 6.26 Å². The summed E-state index contributed by atoms with van der Waals surface area (Å²) in [6.45, 7) is 1.13. The van der Waals surface area contributed by atoms with Gasteiger partial charge in [-0.3, -0.25) is 0 Å². The number of hydrogen-bond donors (Lipinski definition) is 2. The molecule has 1 aromatic rings. The molecule has 0 aliphatic rings. The third-order valence-electron chi connectivity index (χ3n) is 2.25. The molecule has 2 N–H and O–H groups in total. The van der Waals surface area contributed by atoms with E-state index in [9.17, 15) is 13.5 Å². The monoisotopic (exact) mass is 321 g/mol. The van der Waals surface area contributed by atoms with Gasteiger partial charge in [-0.25, -0.2) is 8.42 Å². The van der Waals surface area contributed by atoms with Crippen LogP contribution in [-0.4, -0.2) is 32.1 Å². The van der Waals surface area contributed by atoms with Crippen molar-refractivity contribution in [3.05, 3.63) is 28.2 Å². The molecular formula is C11H16BrNO3S. The van der Waals surface area contributed by atoms with Gasteiger partial charge in [0, 0.05) is 18.4 Å². The van der Waals surface area contributed by atoms with E-state index in [2.05, 4.69) is 21.2 Å². The van der Waals surface area contributed by atoms with Gasteiger partial charge in [0.2, 0.25) is 0 Å². The van der Waals surface area contributed by atoms with Crippen molar-refractivity contribution in [1.82, 2.24) is 5.32 Å². The van der Waals surface area contributed by atoms with E-state index in [0.29, 0.717) is 24.0 Å². The molecule has 0 amide bonds. The Bertz CT molecular complexity index is 474. The Balaban J connectivity index is 2.34. The van der Waals surface area contributed by atoms with Crippen molar-refractivity contribution in [2.24, 2.45) is 0 Å². The van der Waals surface area contributed by atoms with E-state index >= 15 is 0 Å². The minimum absolute atomic E-state index is 0.185. The number of phenols is 1. The highest BCUT2D eigenvalue weighted by Gasteiger charge is 2.04. The molecule has 0 bridgehead atoms. The lowest BCUT2D eigenvalue weighted by atomic mass is 10.2. The minimum atomic E-state index is -2.88. The molecule has 0 saturated carbocycles. The molecule has 96 valence electrons. The van der Waals surface area contributed by atoms with Crippen molar-refractivity contribution in [3.63, 3.8) is 0 Å². The summed E-state index contributed by atoms with van der Waals surface area (Å²) >= 11 is 3.24. The van der Waals surface area contributed by atoms with Crippen molar-refractivity contribution < 1.29 is 13.5 Å². The average Bonchev–Trinajstić information content (AvgIpc) is 2.22. The smallest absolute Gasteiger partial charge is 0.147 e. The molecule has 0 spiro atoms. The Morgan fingerprint density at radius 1 is 1.41 bits per heavy atom. The molecule has 0 aromatic heterocycles. The van der Waals surface area contributed by atoms with Crippen LogP contribution in [0.15, 0.2) is 22.7 Å². The van der Waals surface area contributed by atoms with Crippen LogP contribution < -0.4 is 5.32 Å². The fourth-order valence-electron chi connectivity index (χ4n) is 1.39. The van der Waals surface area contributed by atoms with Gasteiger partial charge in [0.15, 0.2) is 0 Å². The van der Waals surface area contributed by atoms with Gasteiger partial charge in [0.05, 0.1) is 10.2 Å². The fourth-order valence-corrected chi connectivity index (χ4v) is 2.46.